The molecule has 0 N–H and O–H groups in total. The van der Waals surface area contributed by atoms with Gasteiger partial charge in [0.2, 0.25) is 0 Å². The fraction of sp³-hybridized carbons (Fsp3) is 0.200. The molecule has 1 saturated heterocycles. The van der Waals surface area contributed by atoms with E-state index >= 15 is 0 Å². The zero-order valence-electron chi connectivity index (χ0n) is 7.05. The van der Waals surface area contributed by atoms with E-state index in [9.17, 15) is 0 Å². The van der Waals surface area contributed by atoms with Gasteiger partial charge in [0.05, 0.1) is 0 Å². The molecule has 0 saturated carbocycles. The molecule has 1 aliphatic rings. The van der Waals surface area contributed by atoms with Crippen LogP contribution in [0.25, 0.3) is 0 Å². The maximum absolute atomic E-state index is 6.00. The lowest BCUT2D eigenvalue weighted by Crippen LogP contribution is -1.83. The summed E-state index contributed by atoms with van der Waals surface area (Å²) in [6, 6.07) is 5.46. The van der Waals surface area contributed by atoms with Gasteiger partial charge in [-0.1, -0.05) is 29.3 Å². The van der Waals surface area contributed by atoms with Gasteiger partial charge in [-0.25, -0.2) is 0 Å². The van der Waals surface area contributed by atoms with Crippen molar-refractivity contribution < 1.29 is 4.74 Å². The van der Waals surface area contributed by atoms with Crippen LogP contribution in [-0.4, -0.2) is 0 Å². The summed E-state index contributed by atoms with van der Waals surface area (Å²) >= 11 is 12.0. The molecule has 68 valence electrons. The number of allylic oxidation sites excluding steroid dienone is 1. The first kappa shape index (κ1) is 8.92. The van der Waals surface area contributed by atoms with Crippen molar-refractivity contribution in [3.05, 3.63) is 45.6 Å². The normalized spacial score (nSPS) is 23.0. The van der Waals surface area contributed by atoms with Crippen LogP contribution < -0.4 is 0 Å². The van der Waals surface area contributed by atoms with E-state index in [4.69, 9.17) is 27.9 Å². The lowest BCUT2D eigenvalue weighted by molar-refractivity contribution is 0.436. The SMILES string of the molecule is C/C=C1\OC1c1c(Cl)cccc1Cl. The second kappa shape index (κ2) is 3.24. The number of hydrogen-bond acceptors (Lipinski definition) is 1. The lowest BCUT2D eigenvalue weighted by atomic mass is 10.1. The zero-order chi connectivity index (χ0) is 9.42. The van der Waals surface area contributed by atoms with Crippen molar-refractivity contribution in [3.8, 4) is 0 Å². The van der Waals surface area contributed by atoms with Gasteiger partial charge < -0.3 is 4.74 Å². The Hall–Kier alpha value is -0.660. The smallest absolute Gasteiger partial charge is 0.183 e. The highest BCUT2D eigenvalue weighted by molar-refractivity contribution is 6.36. The molecule has 1 aromatic carbocycles. The third-order valence-electron chi connectivity index (χ3n) is 2.00. The monoisotopic (exact) mass is 214 g/mol. The van der Waals surface area contributed by atoms with Gasteiger partial charge >= 0.3 is 0 Å². The highest BCUT2D eigenvalue weighted by atomic mass is 35.5. The topological polar surface area (TPSA) is 12.5 Å². The molecule has 0 aliphatic carbocycles. The highest BCUT2D eigenvalue weighted by Gasteiger charge is 2.36. The van der Waals surface area contributed by atoms with Crippen LogP contribution in [0.5, 0.6) is 0 Å². The highest BCUT2D eigenvalue weighted by Crippen LogP contribution is 2.47. The van der Waals surface area contributed by atoms with E-state index in [0.29, 0.717) is 10.0 Å². The summed E-state index contributed by atoms with van der Waals surface area (Å²) in [6.45, 7) is 1.93. The lowest BCUT2D eigenvalue weighted by Gasteiger charge is -2.00. The quantitative estimate of drug-likeness (QED) is 0.645. The van der Waals surface area contributed by atoms with Crippen molar-refractivity contribution in [2.75, 3.05) is 0 Å². The summed E-state index contributed by atoms with van der Waals surface area (Å²) in [4.78, 5) is 0. The van der Waals surface area contributed by atoms with E-state index < -0.39 is 0 Å². The summed E-state index contributed by atoms with van der Waals surface area (Å²) in [5, 5.41) is 1.32. The fourth-order valence-electron chi connectivity index (χ4n) is 1.28. The molecular formula is C10H8Cl2O. The number of halogens is 2. The summed E-state index contributed by atoms with van der Waals surface area (Å²) in [7, 11) is 0. The Bertz CT molecular complexity index is 351. The third-order valence-corrected chi connectivity index (χ3v) is 2.66. The van der Waals surface area contributed by atoms with E-state index in [1.165, 1.54) is 0 Å². The molecule has 0 radical (unpaired) electrons. The maximum Gasteiger partial charge on any atom is 0.183 e. The standard InChI is InChI=1S/C10H8Cl2O/c1-2-8-10(13-8)9-6(11)4-3-5-7(9)12/h2-5,10H,1H3/b8-2-. The average Bonchev–Trinajstić information content (AvgIpc) is 2.83. The van der Waals surface area contributed by atoms with Crippen LogP contribution in [0, 0.1) is 0 Å². The molecule has 1 aromatic rings. The van der Waals surface area contributed by atoms with Gasteiger partial charge in [-0.15, -0.1) is 0 Å². The molecule has 1 fully saturated rings. The first-order valence-corrected chi connectivity index (χ1v) is 4.76. The van der Waals surface area contributed by atoms with Crippen molar-refractivity contribution in [2.45, 2.75) is 13.0 Å². The first-order chi connectivity index (χ1) is 6.24. The Morgan fingerprint density at radius 1 is 1.31 bits per heavy atom. The number of rotatable bonds is 1. The van der Waals surface area contributed by atoms with E-state index in [-0.39, 0.29) is 6.10 Å². The summed E-state index contributed by atoms with van der Waals surface area (Å²) in [6.07, 6.45) is 1.90. The first-order valence-electron chi connectivity index (χ1n) is 4.01. The van der Waals surface area contributed by atoms with Gasteiger partial charge in [0.1, 0.15) is 5.76 Å². The van der Waals surface area contributed by atoms with Gasteiger partial charge in [-0.05, 0) is 25.1 Å². The van der Waals surface area contributed by atoms with E-state index in [2.05, 4.69) is 0 Å². The second-order valence-electron chi connectivity index (χ2n) is 2.82. The van der Waals surface area contributed by atoms with Crippen LogP contribution in [0.1, 0.15) is 18.6 Å². The minimum atomic E-state index is -0.0220. The van der Waals surface area contributed by atoms with E-state index in [1.807, 2.05) is 31.2 Å². The van der Waals surface area contributed by atoms with Gasteiger partial charge in [-0.3, -0.25) is 0 Å². The molecule has 0 spiro atoms. The van der Waals surface area contributed by atoms with Gasteiger partial charge in [0, 0.05) is 15.6 Å². The number of ether oxygens (including phenoxy) is 1. The molecule has 1 heterocycles. The van der Waals surface area contributed by atoms with Gasteiger partial charge in [0.25, 0.3) is 0 Å². The zero-order valence-corrected chi connectivity index (χ0v) is 8.56. The molecule has 0 amide bonds. The fourth-order valence-corrected chi connectivity index (χ4v) is 1.88. The molecule has 13 heavy (non-hydrogen) atoms. The Labute approximate surface area is 86.9 Å². The van der Waals surface area contributed by atoms with Gasteiger partial charge in [0.15, 0.2) is 6.10 Å². The number of benzene rings is 1. The Kier molecular flexibility index (Phi) is 2.22. The van der Waals surface area contributed by atoms with Crippen LogP contribution in [0.15, 0.2) is 30.0 Å². The number of epoxide rings is 1. The predicted octanol–water partition coefficient (Wildman–Crippen LogP) is 3.97. The van der Waals surface area contributed by atoms with Crippen molar-refractivity contribution in [3.63, 3.8) is 0 Å². The molecule has 0 bridgehead atoms. The number of hydrogen-bond donors (Lipinski definition) is 0. The van der Waals surface area contributed by atoms with Crippen molar-refractivity contribution in [1.82, 2.24) is 0 Å². The maximum atomic E-state index is 6.00. The average molecular weight is 215 g/mol. The van der Waals surface area contributed by atoms with Crippen LogP contribution in [0.3, 0.4) is 0 Å². The molecule has 0 aromatic heterocycles. The minimum absolute atomic E-state index is 0.0220. The molecule has 3 heteroatoms. The molecule has 1 aliphatic heterocycles. The molecular weight excluding hydrogens is 207 g/mol. The summed E-state index contributed by atoms with van der Waals surface area (Å²) in [5.41, 5.74) is 0.874. The summed E-state index contributed by atoms with van der Waals surface area (Å²) < 4.78 is 5.31. The van der Waals surface area contributed by atoms with Crippen molar-refractivity contribution in [2.24, 2.45) is 0 Å². The minimum Gasteiger partial charge on any atom is -0.478 e. The Morgan fingerprint density at radius 2 is 1.92 bits per heavy atom. The van der Waals surface area contributed by atoms with Crippen LogP contribution in [-0.2, 0) is 4.74 Å². The largest absolute Gasteiger partial charge is 0.478 e. The van der Waals surface area contributed by atoms with Crippen molar-refractivity contribution in [1.29, 1.82) is 0 Å². The van der Waals surface area contributed by atoms with Crippen LogP contribution in [0.2, 0.25) is 10.0 Å². The molecule has 1 atom stereocenters. The summed E-state index contributed by atoms with van der Waals surface area (Å²) in [5.74, 6) is 0.940. The molecule has 1 nitrogen and oxygen atoms in total. The predicted molar refractivity (Wildman–Crippen MR) is 54.0 cm³/mol. The van der Waals surface area contributed by atoms with E-state index in [0.717, 1.165) is 11.3 Å². The van der Waals surface area contributed by atoms with E-state index in [1.54, 1.807) is 0 Å². The van der Waals surface area contributed by atoms with Gasteiger partial charge in [-0.2, -0.15) is 0 Å². The van der Waals surface area contributed by atoms with Crippen LogP contribution in [0.4, 0.5) is 0 Å². The third kappa shape index (κ3) is 1.54. The molecule has 2 rings (SSSR count). The molecule has 1 unspecified atom stereocenters. The van der Waals surface area contributed by atoms with Crippen LogP contribution >= 0.6 is 23.2 Å². The Morgan fingerprint density at radius 3 is 2.38 bits per heavy atom. The Balaban J connectivity index is 2.41. The van der Waals surface area contributed by atoms with Crippen molar-refractivity contribution >= 4 is 23.2 Å². The second-order valence-corrected chi connectivity index (χ2v) is 3.64.